The molecule has 1 heterocycles. The van der Waals surface area contributed by atoms with Gasteiger partial charge in [-0.2, -0.15) is 0 Å². The van der Waals surface area contributed by atoms with Crippen molar-refractivity contribution in [3.63, 3.8) is 0 Å². The van der Waals surface area contributed by atoms with Gasteiger partial charge in [0.15, 0.2) is 0 Å². The molecule has 7 nitrogen and oxygen atoms in total. The minimum Gasteiger partial charge on any atom is -0.458 e. The second kappa shape index (κ2) is 9.48. The molecule has 2 aliphatic carbocycles. The van der Waals surface area contributed by atoms with Gasteiger partial charge in [-0.1, -0.05) is 25.3 Å². The van der Waals surface area contributed by atoms with Crippen LogP contribution in [-0.4, -0.2) is 33.1 Å². The highest BCUT2D eigenvalue weighted by Gasteiger charge is 2.29. The van der Waals surface area contributed by atoms with Crippen LogP contribution in [0.25, 0.3) is 0 Å². The van der Waals surface area contributed by atoms with E-state index < -0.39 is 11.5 Å². The first-order valence-corrected chi connectivity index (χ1v) is 10.9. The quantitative estimate of drug-likeness (QED) is 0.606. The molecule has 0 aliphatic heterocycles. The van der Waals surface area contributed by atoms with Gasteiger partial charge in [-0.05, 0) is 55.7 Å². The number of anilines is 1. The van der Waals surface area contributed by atoms with Crippen LogP contribution in [-0.2, 0) is 0 Å². The lowest BCUT2D eigenvalue weighted by Gasteiger charge is -2.32. The Morgan fingerprint density at radius 2 is 1.97 bits per heavy atom. The second-order valence-electron chi connectivity index (χ2n) is 8.36. The lowest BCUT2D eigenvalue weighted by atomic mass is 9.85. The average Bonchev–Trinajstić information content (AvgIpc) is 2.80. The Balaban J connectivity index is 1.45. The number of aromatic nitrogens is 2. The van der Waals surface area contributed by atoms with E-state index in [2.05, 4.69) is 15.3 Å². The molecule has 2 aromatic rings. The summed E-state index contributed by atoms with van der Waals surface area (Å²) in [5.74, 6) is 0.993. The zero-order valence-electron chi connectivity index (χ0n) is 17.8. The van der Waals surface area contributed by atoms with E-state index in [1.807, 2.05) is 12.2 Å². The first kappa shape index (κ1) is 22.0. The first-order valence-electron chi connectivity index (χ1n) is 10.9. The van der Waals surface area contributed by atoms with E-state index in [1.165, 1.54) is 18.2 Å². The fourth-order valence-electron chi connectivity index (χ4n) is 4.00. The standard InChI is InChI=1S/C24H27FN4O3/c25-17-6-10-19(11-7-17)32-18-8-4-16(5-9-18)23-28-20(22(26)30)14-21(29-23)27-15-24(31)12-2-1-3-13-24/h4,6-11,14,16,31H,1-3,5,12-13,15H2,(H2,26,30)(H,27,28,29). The molecule has 4 rings (SSSR count). The number of nitrogens with zero attached hydrogens (tertiary/aromatic N) is 2. The van der Waals surface area contributed by atoms with Crippen LogP contribution in [0.1, 0.15) is 60.8 Å². The third kappa shape index (κ3) is 5.50. The molecule has 8 heteroatoms. The number of benzene rings is 1. The van der Waals surface area contributed by atoms with Crippen molar-refractivity contribution in [3.05, 3.63) is 71.7 Å². The lowest BCUT2D eigenvalue weighted by Crippen LogP contribution is -2.39. The van der Waals surface area contributed by atoms with Gasteiger partial charge < -0.3 is 20.9 Å². The smallest absolute Gasteiger partial charge is 0.267 e. The zero-order chi connectivity index (χ0) is 22.6. The SMILES string of the molecule is NC(=O)c1cc(NCC2(O)CCCCC2)nc(C2C=CC(Oc3ccc(F)cc3)=CC2)n1. The predicted molar refractivity (Wildman–Crippen MR) is 119 cm³/mol. The summed E-state index contributed by atoms with van der Waals surface area (Å²) in [5.41, 5.74) is 4.84. The summed E-state index contributed by atoms with van der Waals surface area (Å²) >= 11 is 0. The van der Waals surface area contributed by atoms with Crippen LogP contribution in [0.4, 0.5) is 10.2 Å². The van der Waals surface area contributed by atoms with Gasteiger partial charge in [-0.15, -0.1) is 0 Å². The fourth-order valence-corrected chi connectivity index (χ4v) is 4.00. The number of allylic oxidation sites excluding steroid dienone is 3. The van der Waals surface area contributed by atoms with E-state index in [4.69, 9.17) is 10.5 Å². The van der Waals surface area contributed by atoms with Crippen molar-refractivity contribution in [2.24, 2.45) is 5.73 Å². The summed E-state index contributed by atoms with van der Waals surface area (Å²) in [6.07, 6.45) is 10.8. The van der Waals surface area contributed by atoms with Crippen LogP contribution < -0.4 is 15.8 Å². The largest absolute Gasteiger partial charge is 0.458 e. The molecule has 0 spiro atoms. The van der Waals surface area contributed by atoms with Crippen LogP contribution in [0.5, 0.6) is 5.75 Å². The highest BCUT2D eigenvalue weighted by atomic mass is 19.1. The molecule has 1 aromatic heterocycles. The highest BCUT2D eigenvalue weighted by Crippen LogP contribution is 2.29. The number of carbonyl (C=O) groups excluding carboxylic acids is 1. The van der Waals surface area contributed by atoms with Crippen molar-refractivity contribution in [2.75, 3.05) is 11.9 Å². The third-order valence-corrected chi connectivity index (χ3v) is 5.83. The van der Waals surface area contributed by atoms with Crippen molar-refractivity contribution >= 4 is 11.7 Å². The maximum absolute atomic E-state index is 13.1. The molecule has 1 atom stereocenters. The number of nitrogens with two attached hydrogens (primary N) is 1. The number of nitrogens with one attached hydrogen (secondary N) is 1. The maximum atomic E-state index is 13.1. The van der Waals surface area contributed by atoms with Crippen molar-refractivity contribution in [1.82, 2.24) is 9.97 Å². The second-order valence-corrected chi connectivity index (χ2v) is 8.36. The Labute approximate surface area is 186 Å². The molecule has 0 radical (unpaired) electrons. The van der Waals surface area contributed by atoms with Crippen LogP contribution >= 0.6 is 0 Å². The van der Waals surface area contributed by atoms with Crippen molar-refractivity contribution in [3.8, 4) is 5.75 Å². The monoisotopic (exact) mass is 438 g/mol. The summed E-state index contributed by atoms with van der Waals surface area (Å²) in [7, 11) is 0. The number of rotatable bonds is 7. The van der Waals surface area contributed by atoms with Crippen molar-refractivity contribution < 1.29 is 19.0 Å². The molecule has 168 valence electrons. The predicted octanol–water partition coefficient (Wildman–Crippen LogP) is 3.83. The number of hydrogen-bond donors (Lipinski definition) is 3. The van der Waals surface area contributed by atoms with Crippen LogP contribution in [0.3, 0.4) is 0 Å². The number of amides is 1. The topological polar surface area (TPSA) is 110 Å². The minimum absolute atomic E-state index is 0.124. The first-order chi connectivity index (χ1) is 15.4. The maximum Gasteiger partial charge on any atom is 0.267 e. The molecule has 1 saturated carbocycles. The van der Waals surface area contributed by atoms with Gasteiger partial charge in [0.05, 0.1) is 5.60 Å². The summed E-state index contributed by atoms with van der Waals surface area (Å²) in [6, 6.07) is 7.32. The van der Waals surface area contributed by atoms with Gasteiger partial charge in [-0.25, -0.2) is 14.4 Å². The van der Waals surface area contributed by atoms with Crippen molar-refractivity contribution in [2.45, 2.75) is 50.0 Å². The van der Waals surface area contributed by atoms with E-state index >= 15 is 0 Å². The van der Waals surface area contributed by atoms with Gasteiger partial charge in [0.1, 0.15) is 34.7 Å². The van der Waals surface area contributed by atoms with Gasteiger partial charge in [0.25, 0.3) is 5.91 Å². The summed E-state index contributed by atoms with van der Waals surface area (Å²) in [4.78, 5) is 20.7. The van der Waals surface area contributed by atoms with Crippen LogP contribution in [0, 0.1) is 5.82 Å². The molecular formula is C24H27FN4O3. The Hall–Kier alpha value is -3.26. The number of carbonyl (C=O) groups is 1. The number of primary amides is 1. The molecule has 0 bridgehead atoms. The zero-order valence-corrected chi connectivity index (χ0v) is 17.8. The van der Waals surface area contributed by atoms with Crippen LogP contribution in [0.2, 0.25) is 0 Å². The summed E-state index contributed by atoms with van der Waals surface area (Å²) in [5, 5.41) is 13.9. The molecular weight excluding hydrogens is 411 g/mol. The summed E-state index contributed by atoms with van der Waals surface area (Å²) < 4.78 is 18.8. The number of halogens is 1. The fraction of sp³-hybridized carbons (Fsp3) is 0.375. The van der Waals surface area contributed by atoms with Gasteiger partial charge in [0, 0.05) is 18.5 Å². The summed E-state index contributed by atoms with van der Waals surface area (Å²) in [6.45, 7) is 0.359. The lowest BCUT2D eigenvalue weighted by molar-refractivity contribution is 0.0166. The highest BCUT2D eigenvalue weighted by molar-refractivity contribution is 5.91. The Morgan fingerprint density at radius 3 is 2.62 bits per heavy atom. The van der Waals surface area contributed by atoms with Gasteiger partial charge >= 0.3 is 0 Å². The Bertz CT molecular complexity index is 1030. The molecule has 32 heavy (non-hydrogen) atoms. The van der Waals surface area contributed by atoms with Gasteiger partial charge in [-0.3, -0.25) is 4.79 Å². The Morgan fingerprint density at radius 1 is 1.22 bits per heavy atom. The molecule has 1 aromatic carbocycles. The molecule has 1 unspecified atom stereocenters. The molecule has 4 N–H and O–H groups in total. The number of hydrogen-bond acceptors (Lipinski definition) is 6. The van der Waals surface area contributed by atoms with Gasteiger partial charge in [0.2, 0.25) is 0 Å². The van der Waals surface area contributed by atoms with E-state index in [0.29, 0.717) is 36.1 Å². The van der Waals surface area contributed by atoms with E-state index in [1.54, 1.807) is 18.2 Å². The van der Waals surface area contributed by atoms with E-state index in [0.717, 1.165) is 32.1 Å². The van der Waals surface area contributed by atoms with Crippen LogP contribution in [0.15, 0.2) is 54.3 Å². The van der Waals surface area contributed by atoms with Crippen molar-refractivity contribution in [1.29, 1.82) is 0 Å². The average molecular weight is 439 g/mol. The molecule has 0 saturated heterocycles. The molecule has 2 aliphatic rings. The molecule has 1 fully saturated rings. The molecule has 1 amide bonds. The van der Waals surface area contributed by atoms with E-state index in [9.17, 15) is 14.3 Å². The minimum atomic E-state index is -0.768. The van der Waals surface area contributed by atoms with E-state index in [-0.39, 0.29) is 17.4 Å². The third-order valence-electron chi connectivity index (χ3n) is 5.83. The normalized spacial score (nSPS) is 19.8. The Kier molecular flexibility index (Phi) is 6.50. The number of ether oxygens (including phenoxy) is 1. The number of aliphatic hydroxyl groups is 1.